The number of carbonyl (C=O) groups excluding carboxylic acids is 1. The number of hydrogen-bond donors (Lipinski definition) is 0. The normalized spacial score (nSPS) is 18.7. The van der Waals surface area contributed by atoms with Gasteiger partial charge in [0.15, 0.2) is 11.5 Å². The van der Waals surface area contributed by atoms with Crippen LogP contribution in [-0.2, 0) is 21.4 Å². The highest BCUT2D eigenvalue weighted by Crippen LogP contribution is 2.35. The van der Waals surface area contributed by atoms with Crippen LogP contribution in [0.1, 0.15) is 18.4 Å². The Kier molecular flexibility index (Phi) is 6.35. The van der Waals surface area contributed by atoms with Crippen LogP contribution in [0.25, 0.3) is 0 Å². The molecule has 0 saturated carbocycles. The summed E-state index contributed by atoms with van der Waals surface area (Å²) in [7, 11) is -2.25. The molecular weight excluding hydrogens is 463 g/mol. The van der Waals surface area contributed by atoms with Gasteiger partial charge in [-0.25, -0.2) is 8.42 Å². The summed E-state index contributed by atoms with van der Waals surface area (Å²) in [4.78, 5) is 14.7. The van der Waals surface area contributed by atoms with E-state index < -0.39 is 16.1 Å². The summed E-state index contributed by atoms with van der Waals surface area (Å²) < 4.78 is 38.9. The molecule has 0 aliphatic carbocycles. The standard InChI is InChI=1S/C21H22Cl2N2O5S/c1-24(13-14-4-2-5-16(22)20(14)23)21(26)17-6-3-9-25(17)31(27,28)15-7-8-18-19(12-15)30-11-10-29-18/h2,4-5,7-8,12,17H,3,6,9-11,13H2,1H3. The van der Waals surface area contributed by atoms with Crippen molar-refractivity contribution in [2.75, 3.05) is 26.8 Å². The monoisotopic (exact) mass is 484 g/mol. The highest BCUT2D eigenvalue weighted by atomic mass is 35.5. The van der Waals surface area contributed by atoms with Gasteiger partial charge in [-0.3, -0.25) is 4.79 Å². The minimum atomic E-state index is -3.88. The number of sulfonamides is 1. The van der Waals surface area contributed by atoms with E-state index in [0.717, 1.165) is 0 Å². The molecule has 0 spiro atoms. The van der Waals surface area contributed by atoms with E-state index in [2.05, 4.69) is 0 Å². The van der Waals surface area contributed by atoms with Crippen LogP contribution in [0.15, 0.2) is 41.3 Å². The molecule has 2 aliphatic rings. The SMILES string of the molecule is CN(Cc1cccc(Cl)c1Cl)C(=O)C1CCCN1S(=O)(=O)c1ccc2c(c1)OCCO2. The number of halogens is 2. The number of carbonyl (C=O) groups is 1. The number of fused-ring (bicyclic) bond motifs is 1. The number of likely N-dealkylation sites (N-methyl/N-ethyl adjacent to an activating group) is 1. The van der Waals surface area contributed by atoms with Crippen molar-refractivity contribution < 1.29 is 22.7 Å². The van der Waals surface area contributed by atoms with E-state index in [4.69, 9.17) is 32.7 Å². The van der Waals surface area contributed by atoms with Crippen molar-refractivity contribution in [2.24, 2.45) is 0 Å². The molecule has 166 valence electrons. The Balaban J connectivity index is 1.55. The molecule has 31 heavy (non-hydrogen) atoms. The molecule has 2 aromatic carbocycles. The van der Waals surface area contributed by atoms with Gasteiger partial charge in [0, 0.05) is 26.2 Å². The maximum absolute atomic E-state index is 13.3. The minimum Gasteiger partial charge on any atom is -0.486 e. The van der Waals surface area contributed by atoms with Crippen LogP contribution >= 0.6 is 23.2 Å². The van der Waals surface area contributed by atoms with Gasteiger partial charge in [-0.2, -0.15) is 4.31 Å². The molecule has 0 radical (unpaired) electrons. The summed E-state index contributed by atoms with van der Waals surface area (Å²) in [5.41, 5.74) is 0.698. The van der Waals surface area contributed by atoms with Crippen molar-refractivity contribution in [1.82, 2.24) is 9.21 Å². The molecule has 2 aromatic rings. The summed E-state index contributed by atoms with van der Waals surface area (Å²) in [6, 6.07) is 8.97. The van der Waals surface area contributed by atoms with E-state index in [1.165, 1.54) is 21.3 Å². The fraction of sp³-hybridized carbons (Fsp3) is 0.381. The maximum Gasteiger partial charge on any atom is 0.243 e. The number of hydrogen-bond acceptors (Lipinski definition) is 5. The van der Waals surface area contributed by atoms with Crippen molar-refractivity contribution in [3.05, 3.63) is 52.0 Å². The van der Waals surface area contributed by atoms with Crippen LogP contribution < -0.4 is 9.47 Å². The lowest BCUT2D eigenvalue weighted by Gasteiger charge is -2.28. The lowest BCUT2D eigenvalue weighted by molar-refractivity contribution is -0.133. The van der Waals surface area contributed by atoms with E-state index in [9.17, 15) is 13.2 Å². The second-order valence-electron chi connectivity index (χ2n) is 7.49. The summed E-state index contributed by atoms with van der Waals surface area (Å²) in [6.07, 6.45) is 1.06. The molecule has 0 aromatic heterocycles. The number of ether oxygens (including phenoxy) is 2. The zero-order valence-corrected chi connectivity index (χ0v) is 19.2. The van der Waals surface area contributed by atoms with Crippen molar-refractivity contribution >= 4 is 39.1 Å². The van der Waals surface area contributed by atoms with Gasteiger partial charge < -0.3 is 14.4 Å². The Labute approximate surface area is 191 Å². The Morgan fingerprint density at radius 1 is 1.16 bits per heavy atom. The molecule has 1 fully saturated rings. The zero-order valence-electron chi connectivity index (χ0n) is 16.9. The smallest absolute Gasteiger partial charge is 0.243 e. The highest BCUT2D eigenvalue weighted by molar-refractivity contribution is 7.89. The van der Waals surface area contributed by atoms with E-state index in [1.807, 2.05) is 0 Å². The molecule has 10 heteroatoms. The molecule has 1 saturated heterocycles. The minimum absolute atomic E-state index is 0.0805. The first-order valence-corrected chi connectivity index (χ1v) is 12.1. The summed E-state index contributed by atoms with van der Waals surface area (Å²) >= 11 is 12.3. The zero-order chi connectivity index (χ0) is 22.2. The molecule has 1 unspecified atom stereocenters. The first-order valence-electron chi connectivity index (χ1n) is 9.88. The Morgan fingerprint density at radius 3 is 2.68 bits per heavy atom. The second kappa shape index (κ2) is 8.86. The van der Waals surface area contributed by atoms with Crippen molar-refractivity contribution in [3.8, 4) is 11.5 Å². The summed E-state index contributed by atoms with van der Waals surface area (Å²) in [5, 5.41) is 0.791. The van der Waals surface area contributed by atoms with Gasteiger partial charge in [-0.05, 0) is 36.6 Å². The molecule has 2 heterocycles. The van der Waals surface area contributed by atoms with Gasteiger partial charge in [0.1, 0.15) is 19.3 Å². The van der Waals surface area contributed by atoms with Crippen molar-refractivity contribution in [2.45, 2.75) is 30.3 Å². The fourth-order valence-corrected chi connectivity index (χ4v) is 5.90. The molecule has 2 aliphatic heterocycles. The molecule has 0 bridgehead atoms. The number of benzene rings is 2. The third-order valence-corrected chi connectivity index (χ3v) is 8.19. The van der Waals surface area contributed by atoms with Gasteiger partial charge in [-0.1, -0.05) is 35.3 Å². The Bertz CT molecular complexity index is 1110. The van der Waals surface area contributed by atoms with Crippen LogP contribution in [0.2, 0.25) is 10.0 Å². The fourth-order valence-electron chi connectivity index (χ4n) is 3.85. The van der Waals surface area contributed by atoms with Crippen molar-refractivity contribution in [3.63, 3.8) is 0 Å². The van der Waals surface area contributed by atoms with Crippen LogP contribution in [0.4, 0.5) is 0 Å². The molecule has 7 nitrogen and oxygen atoms in total. The third-order valence-electron chi connectivity index (χ3n) is 5.42. The van der Waals surface area contributed by atoms with Gasteiger partial charge in [0.2, 0.25) is 15.9 Å². The van der Waals surface area contributed by atoms with Crippen LogP contribution in [0, 0.1) is 0 Å². The molecular formula is C21H22Cl2N2O5S. The number of amides is 1. The average Bonchev–Trinajstić information content (AvgIpc) is 3.27. The van der Waals surface area contributed by atoms with Gasteiger partial charge >= 0.3 is 0 Å². The molecule has 1 atom stereocenters. The van der Waals surface area contributed by atoms with E-state index in [-0.39, 0.29) is 23.9 Å². The number of nitrogens with zero attached hydrogens (tertiary/aromatic N) is 2. The van der Waals surface area contributed by atoms with Crippen molar-refractivity contribution in [1.29, 1.82) is 0 Å². The average molecular weight is 485 g/mol. The van der Waals surface area contributed by atoms with Gasteiger partial charge in [0.25, 0.3) is 0 Å². The van der Waals surface area contributed by atoms with E-state index in [0.29, 0.717) is 53.2 Å². The highest BCUT2D eigenvalue weighted by Gasteiger charge is 2.41. The molecule has 0 N–H and O–H groups in total. The van der Waals surface area contributed by atoms with E-state index in [1.54, 1.807) is 31.3 Å². The van der Waals surface area contributed by atoms with Gasteiger partial charge in [0.05, 0.1) is 14.9 Å². The number of rotatable bonds is 5. The second-order valence-corrected chi connectivity index (χ2v) is 10.2. The first-order chi connectivity index (χ1) is 14.8. The quantitative estimate of drug-likeness (QED) is 0.648. The summed E-state index contributed by atoms with van der Waals surface area (Å²) in [5.74, 6) is 0.620. The molecule has 4 rings (SSSR count). The predicted octanol–water partition coefficient (Wildman–Crippen LogP) is 3.58. The third kappa shape index (κ3) is 4.35. The topological polar surface area (TPSA) is 76.2 Å². The first kappa shape index (κ1) is 22.2. The predicted molar refractivity (Wildman–Crippen MR) is 117 cm³/mol. The largest absolute Gasteiger partial charge is 0.486 e. The lowest BCUT2D eigenvalue weighted by Crippen LogP contribution is -2.46. The summed E-state index contributed by atoms with van der Waals surface area (Å²) in [6.45, 7) is 1.29. The van der Waals surface area contributed by atoms with Crippen LogP contribution in [0.5, 0.6) is 11.5 Å². The van der Waals surface area contributed by atoms with Crippen LogP contribution in [-0.4, -0.2) is 56.4 Å². The lowest BCUT2D eigenvalue weighted by atomic mass is 10.1. The Morgan fingerprint density at radius 2 is 1.90 bits per heavy atom. The Hall–Kier alpha value is -2.00. The van der Waals surface area contributed by atoms with Crippen LogP contribution in [0.3, 0.4) is 0 Å². The van der Waals surface area contributed by atoms with E-state index >= 15 is 0 Å². The molecule has 1 amide bonds. The maximum atomic E-state index is 13.3. The van der Waals surface area contributed by atoms with Gasteiger partial charge in [-0.15, -0.1) is 0 Å².